The van der Waals surface area contributed by atoms with Crippen LogP contribution >= 0.6 is 11.3 Å². The second kappa shape index (κ2) is 6.42. The molecule has 1 aromatic carbocycles. The smallest absolute Gasteiger partial charge is 0.435 e. The lowest BCUT2D eigenvalue weighted by Gasteiger charge is -2.10. The van der Waals surface area contributed by atoms with Crippen LogP contribution < -0.4 is 0 Å². The number of imidazole rings is 1. The van der Waals surface area contributed by atoms with Crippen LogP contribution in [0.4, 0.5) is 13.2 Å². The Hall–Kier alpha value is -2.35. The number of nitrogens with zero attached hydrogens (tertiary/aromatic N) is 2. The summed E-state index contributed by atoms with van der Waals surface area (Å²) in [6.45, 7) is 5.97. The van der Waals surface area contributed by atoms with E-state index in [1.807, 2.05) is 45.0 Å². The van der Waals surface area contributed by atoms with Gasteiger partial charge in [0.25, 0.3) is 0 Å². The molecule has 26 heavy (non-hydrogen) atoms. The zero-order chi connectivity index (χ0) is 19.2. The summed E-state index contributed by atoms with van der Waals surface area (Å²) in [7, 11) is 0. The number of alkyl halides is 3. The van der Waals surface area contributed by atoms with Crippen molar-refractivity contribution in [2.24, 2.45) is 0 Å². The van der Waals surface area contributed by atoms with Crippen LogP contribution in [0.15, 0.2) is 24.3 Å². The number of aromatic nitrogens is 2. The summed E-state index contributed by atoms with van der Waals surface area (Å²) in [5.41, 5.74) is 0.0259. The number of carbonyl (C=O) groups is 1. The summed E-state index contributed by atoms with van der Waals surface area (Å²) in [5, 5.41) is 9.43. The molecule has 3 rings (SSSR count). The van der Waals surface area contributed by atoms with Gasteiger partial charge < -0.3 is 5.11 Å². The number of aromatic carboxylic acids is 1. The molecule has 2 heterocycles. The summed E-state index contributed by atoms with van der Waals surface area (Å²) in [5.74, 6) is -1.33. The quantitative estimate of drug-likeness (QED) is 0.651. The number of aryl methyl sites for hydroxylation is 1. The van der Waals surface area contributed by atoms with E-state index >= 15 is 0 Å². The molecular weight excluding hydrogens is 365 g/mol. The molecule has 0 aliphatic rings. The molecule has 4 nitrogen and oxygen atoms in total. The first-order valence-electron chi connectivity index (χ1n) is 8.10. The van der Waals surface area contributed by atoms with Crippen molar-refractivity contribution < 1.29 is 23.1 Å². The molecule has 0 spiro atoms. The van der Waals surface area contributed by atoms with Crippen LogP contribution in [-0.4, -0.2) is 20.5 Å². The van der Waals surface area contributed by atoms with E-state index in [0.29, 0.717) is 23.6 Å². The SMILES string of the molecule is CCc1sc2nc(C(F)(F)F)c(C(=O)O)n2c1-c1ccc(C(C)C)cc1. The van der Waals surface area contributed by atoms with Crippen molar-refractivity contribution in [3.8, 4) is 11.3 Å². The summed E-state index contributed by atoms with van der Waals surface area (Å²) in [4.78, 5) is 16.0. The Kier molecular flexibility index (Phi) is 4.56. The summed E-state index contributed by atoms with van der Waals surface area (Å²) in [6.07, 6.45) is -4.26. The molecule has 0 aliphatic heterocycles. The van der Waals surface area contributed by atoms with E-state index in [1.54, 1.807) is 0 Å². The first kappa shape index (κ1) is 18.4. The first-order valence-corrected chi connectivity index (χ1v) is 8.91. The molecule has 0 fully saturated rings. The van der Waals surface area contributed by atoms with Crippen molar-refractivity contribution in [1.82, 2.24) is 9.38 Å². The van der Waals surface area contributed by atoms with Crippen molar-refractivity contribution >= 4 is 22.3 Å². The summed E-state index contributed by atoms with van der Waals surface area (Å²) < 4.78 is 40.9. The highest BCUT2D eigenvalue weighted by Gasteiger charge is 2.41. The van der Waals surface area contributed by atoms with Gasteiger partial charge in [-0.2, -0.15) is 13.2 Å². The van der Waals surface area contributed by atoms with Gasteiger partial charge in [0.2, 0.25) is 0 Å². The van der Waals surface area contributed by atoms with E-state index in [1.165, 1.54) is 0 Å². The Morgan fingerprint density at radius 1 is 1.27 bits per heavy atom. The highest BCUT2D eigenvalue weighted by molar-refractivity contribution is 7.17. The van der Waals surface area contributed by atoms with Gasteiger partial charge in [0, 0.05) is 4.88 Å². The molecule has 0 saturated carbocycles. The van der Waals surface area contributed by atoms with Crippen LogP contribution in [0.2, 0.25) is 0 Å². The van der Waals surface area contributed by atoms with Crippen molar-refractivity contribution in [3.05, 3.63) is 46.1 Å². The van der Waals surface area contributed by atoms with E-state index in [9.17, 15) is 23.1 Å². The molecule has 0 bridgehead atoms. The van der Waals surface area contributed by atoms with E-state index < -0.39 is 23.5 Å². The van der Waals surface area contributed by atoms with E-state index in [4.69, 9.17) is 0 Å². The standard InChI is InChI=1S/C18H17F3N2O2S/c1-4-12-13(11-7-5-10(6-8-11)9(2)3)23-14(16(24)25)15(18(19,20)21)22-17(23)26-12/h5-9H,4H2,1-3H3,(H,24,25). The van der Waals surface area contributed by atoms with Crippen LogP contribution in [0.1, 0.15) is 53.3 Å². The summed E-state index contributed by atoms with van der Waals surface area (Å²) >= 11 is 1.09. The van der Waals surface area contributed by atoms with Crippen LogP contribution in [0, 0.1) is 0 Å². The van der Waals surface area contributed by atoms with Gasteiger partial charge in [0.1, 0.15) is 0 Å². The molecule has 0 saturated heterocycles. The highest BCUT2D eigenvalue weighted by atomic mass is 32.1. The molecule has 0 aliphatic carbocycles. The number of fused-ring (bicyclic) bond motifs is 1. The van der Waals surface area contributed by atoms with Gasteiger partial charge in [-0.15, -0.1) is 11.3 Å². The maximum absolute atomic E-state index is 13.2. The predicted molar refractivity (Wildman–Crippen MR) is 93.9 cm³/mol. The van der Waals surface area contributed by atoms with Crippen LogP contribution in [0.3, 0.4) is 0 Å². The maximum Gasteiger partial charge on any atom is 0.435 e. The van der Waals surface area contributed by atoms with Gasteiger partial charge in [-0.1, -0.05) is 45.0 Å². The van der Waals surface area contributed by atoms with Crippen LogP contribution in [-0.2, 0) is 12.6 Å². The molecule has 1 N–H and O–H groups in total. The molecule has 2 aromatic heterocycles. The molecule has 0 amide bonds. The number of carboxylic acids is 1. The van der Waals surface area contributed by atoms with Crippen molar-refractivity contribution in [1.29, 1.82) is 0 Å². The Morgan fingerprint density at radius 2 is 1.88 bits per heavy atom. The minimum absolute atomic E-state index is 0.0366. The molecule has 8 heteroatoms. The maximum atomic E-state index is 13.2. The zero-order valence-corrected chi connectivity index (χ0v) is 15.2. The molecular formula is C18H17F3N2O2S. The fourth-order valence-corrected chi connectivity index (χ4v) is 3.99. The predicted octanol–water partition coefficient (Wildman–Crippen LogP) is 5.47. The topological polar surface area (TPSA) is 54.6 Å². The van der Waals surface area contributed by atoms with E-state index in [-0.39, 0.29) is 4.96 Å². The third-order valence-electron chi connectivity index (χ3n) is 4.19. The summed E-state index contributed by atoms with van der Waals surface area (Å²) in [6, 6.07) is 7.44. The minimum atomic E-state index is -4.83. The Bertz CT molecular complexity index is 969. The minimum Gasteiger partial charge on any atom is -0.476 e. The normalized spacial score (nSPS) is 12.3. The third-order valence-corrected chi connectivity index (χ3v) is 5.38. The fourth-order valence-electron chi connectivity index (χ4n) is 2.91. The number of thiazole rings is 1. The van der Waals surface area contributed by atoms with Gasteiger partial charge in [0.15, 0.2) is 16.3 Å². The Balaban J connectivity index is 2.33. The average Bonchev–Trinajstić information content (AvgIpc) is 3.09. The Morgan fingerprint density at radius 3 is 2.35 bits per heavy atom. The third kappa shape index (κ3) is 2.98. The molecule has 0 radical (unpaired) electrons. The van der Waals surface area contributed by atoms with Crippen molar-refractivity contribution in [2.75, 3.05) is 0 Å². The number of benzene rings is 1. The van der Waals surface area contributed by atoms with E-state index in [0.717, 1.165) is 26.2 Å². The van der Waals surface area contributed by atoms with Crippen molar-refractivity contribution in [3.63, 3.8) is 0 Å². The van der Waals surface area contributed by atoms with Gasteiger partial charge in [0.05, 0.1) is 5.69 Å². The Labute approximate surface area is 151 Å². The fraction of sp³-hybridized carbons (Fsp3) is 0.333. The number of halogens is 3. The molecule has 3 aromatic rings. The highest BCUT2D eigenvalue weighted by Crippen LogP contribution is 2.39. The number of hydrogen-bond acceptors (Lipinski definition) is 3. The molecule has 0 unspecified atom stereocenters. The van der Waals surface area contributed by atoms with Crippen LogP contribution in [0.25, 0.3) is 16.2 Å². The lowest BCUT2D eigenvalue weighted by atomic mass is 10.0. The number of hydrogen-bond donors (Lipinski definition) is 1. The van der Waals surface area contributed by atoms with Gasteiger partial charge >= 0.3 is 12.1 Å². The zero-order valence-electron chi connectivity index (χ0n) is 14.4. The lowest BCUT2D eigenvalue weighted by molar-refractivity contribution is -0.141. The first-order chi connectivity index (χ1) is 12.1. The largest absolute Gasteiger partial charge is 0.476 e. The van der Waals surface area contributed by atoms with Crippen LogP contribution in [0.5, 0.6) is 0 Å². The second-order valence-corrected chi connectivity index (χ2v) is 7.30. The van der Waals surface area contributed by atoms with Gasteiger partial charge in [-0.05, 0) is 23.5 Å². The molecule has 138 valence electrons. The molecule has 0 atom stereocenters. The second-order valence-electron chi connectivity index (χ2n) is 6.23. The monoisotopic (exact) mass is 382 g/mol. The van der Waals surface area contributed by atoms with Gasteiger partial charge in [-0.3, -0.25) is 4.40 Å². The lowest BCUT2D eigenvalue weighted by Crippen LogP contribution is -2.14. The van der Waals surface area contributed by atoms with Crippen molar-refractivity contribution in [2.45, 2.75) is 39.3 Å². The van der Waals surface area contributed by atoms with E-state index in [2.05, 4.69) is 4.98 Å². The number of rotatable bonds is 4. The number of carboxylic acid groups (broad SMARTS) is 1. The average molecular weight is 382 g/mol. The van der Waals surface area contributed by atoms with Gasteiger partial charge in [-0.25, -0.2) is 9.78 Å².